The summed E-state index contributed by atoms with van der Waals surface area (Å²) in [5.41, 5.74) is 1.20. The number of ketones is 1. The van der Waals surface area contributed by atoms with Crippen molar-refractivity contribution in [2.75, 3.05) is 0 Å². The van der Waals surface area contributed by atoms with E-state index in [2.05, 4.69) is 11.8 Å². The zero-order valence-corrected chi connectivity index (χ0v) is 8.93. The number of halogens is 1. The Bertz CT molecular complexity index is 404. The van der Waals surface area contributed by atoms with E-state index in [-0.39, 0.29) is 11.6 Å². The van der Waals surface area contributed by atoms with Crippen LogP contribution < -0.4 is 0 Å². The van der Waals surface area contributed by atoms with Gasteiger partial charge in [0.2, 0.25) is 0 Å². The van der Waals surface area contributed by atoms with E-state index in [1.807, 2.05) is 0 Å². The van der Waals surface area contributed by atoms with Crippen LogP contribution >= 0.6 is 0 Å². The largest absolute Gasteiger partial charge is 0.294 e. The molecule has 0 radical (unpaired) electrons. The lowest BCUT2D eigenvalue weighted by molar-refractivity contribution is 0.0984. The van der Waals surface area contributed by atoms with Gasteiger partial charge in [0.1, 0.15) is 5.82 Å². The number of rotatable bonds is 3. The molecule has 0 fully saturated rings. The van der Waals surface area contributed by atoms with Crippen LogP contribution in [0.3, 0.4) is 0 Å². The predicted octanol–water partition coefficient (Wildman–Crippen LogP) is 3.12. The van der Waals surface area contributed by atoms with Crippen LogP contribution in [0.1, 0.15) is 35.7 Å². The fraction of sp³-hybridized carbons (Fsp3) is 0.308. The van der Waals surface area contributed by atoms with E-state index in [1.54, 1.807) is 19.9 Å². The Balaban J connectivity index is 2.76. The Kier molecular flexibility index (Phi) is 4.05. The van der Waals surface area contributed by atoms with Gasteiger partial charge in [0.05, 0.1) is 0 Å². The quantitative estimate of drug-likeness (QED) is 0.546. The number of carbonyl (C=O) groups excluding carboxylic acids is 1. The minimum Gasteiger partial charge on any atom is -0.294 e. The number of benzene rings is 1. The minimum atomic E-state index is -0.361. The van der Waals surface area contributed by atoms with Crippen molar-refractivity contribution >= 4 is 5.78 Å². The molecule has 0 amide bonds. The van der Waals surface area contributed by atoms with Crippen molar-refractivity contribution in [1.29, 1.82) is 0 Å². The number of hydrogen-bond acceptors (Lipinski definition) is 1. The predicted molar refractivity (Wildman–Crippen MR) is 58.2 cm³/mol. The molecule has 15 heavy (non-hydrogen) atoms. The molecule has 0 heterocycles. The molecular weight excluding hydrogens is 191 g/mol. The average molecular weight is 204 g/mol. The van der Waals surface area contributed by atoms with E-state index in [0.29, 0.717) is 18.4 Å². The number of carbonyl (C=O) groups is 1. The van der Waals surface area contributed by atoms with Gasteiger partial charge in [-0.1, -0.05) is 0 Å². The van der Waals surface area contributed by atoms with E-state index in [4.69, 9.17) is 0 Å². The van der Waals surface area contributed by atoms with Crippen LogP contribution in [0.5, 0.6) is 0 Å². The second-order valence-electron chi connectivity index (χ2n) is 3.37. The molecule has 0 aliphatic heterocycles. The second-order valence-corrected chi connectivity index (χ2v) is 3.37. The normalized spacial score (nSPS) is 9.27. The highest BCUT2D eigenvalue weighted by atomic mass is 19.1. The van der Waals surface area contributed by atoms with E-state index < -0.39 is 0 Å². The maximum Gasteiger partial charge on any atom is 0.163 e. The van der Waals surface area contributed by atoms with Crippen LogP contribution in [-0.2, 0) is 0 Å². The van der Waals surface area contributed by atoms with Gasteiger partial charge < -0.3 is 0 Å². The maximum atomic E-state index is 13.0. The molecule has 0 aromatic heterocycles. The highest BCUT2D eigenvalue weighted by Gasteiger charge is 2.06. The molecule has 0 atom stereocenters. The van der Waals surface area contributed by atoms with Gasteiger partial charge >= 0.3 is 0 Å². The Hall–Kier alpha value is -1.62. The first-order valence-corrected chi connectivity index (χ1v) is 4.83. The molecule has 0 unspecified atom stereocenters. The SMILES string of the molecule is CC#CCCC(=O)c1cc(C)cc(F)c1. The van der Waals surface area contributed by atoms with Crippen molar-refractivity contribution in [2.24, 2.45) is 0 Å². The summed E-state index contributed by atoms with van der Waals surface area (Å²) in [5.74, 6) is 5.12. The first-order valence-electron chi connectivity index (χ1n) is 4.83. The standard InChI is InChI=1S/C13H13FO/c1-3-4-5-6-13(15)11-7-10(2)8-12(14)9-11/h7-9H,5-6H2,1-2H3. The molecule has 1 aromatic rings. The minimum absolute atomic E-state index is 0.0552. The smallest absolute Gasteiger partial charge is 0.163 e. The third-order valence-corrected chi connectivity index (χ3v) is 2.02. The Morgan fingerprint density at radius 1 is 1.40 bits per heavy atom. The summed E-state index contributed by atoms with van der Waals surface area (Å²) in [7, 11) is 0. The van der Waals surface area contributed by atoms with Gasteiger partial charge in [-0.3, -0.25) is 4.79 Å². The van der Waals surface area contributed by atoms with Crippen LogP contribution in [0.25, 0.3) is 0 Å². The van der Waals surface area contributed by atoms with Crippen molar-refractivity contribution in [1.82, 2.24) is 0 Å². The second kappa shape index (κ2) is 5.31. The van der Waals surface area contributed by atoms with Gasteiger partial charge in [0.25, 0.3) is 0 Å². The molecule has 1 rings (SSSR count). The van der Waals surface area contributed by atoms with Crippen LogP contribution in [-0.4, -0.2) is 5.78 Å². The fourth-order valence-electron chi connectivity index (χ4n) is 1.34. The van der Waals surface area contributed by atoms with E-state index in [0.717, 1.165) is 5.56 Å². The van der Waals surface area contributed by atoms with Crippen molar-refractivity contribution in [3.05, 3.63) is 35.1 Å². The fourth-order valence-corrected chi connectivity index (χ4v) is 1.34. The van der Waals surface area contributed by atoms with Crippen LogP contribution in [0.4, 0.5) is 4.39 Å². The third kappa shape index (κ3) is 3.55. The van der Waals surface area contributed by atoms with Crippen molar-refractivity contribution in [3.8, 4) is 11.8 Å². The highest BCUT2D eigenvalue weighted by Crippen LogP contribution is 2.11. The van der Waals surface area contributed by atoms with Crippen molar-refractivity contribution < 1.29 is 9.18 Å². The molecule has 0 saturated carbocycles. The van der Waals surface area contributed by atoms with Crippen LogP contribution in [0.2, 0.25) is 0 Å². The summed E-state index contributed by atoms with van der Waals surface area (Å²) in [5, 5.41) is 0. The van der Waals surface area contributed by atoms with Gasteiger partial charge in [-0.15, -0.1) is 11.8 Å². The Labute approximate surface area is 89.3 Å². The molecule has 78 valence electrons. The van der Waals surface area contributed by atoms with Crippen molar-refractivity contribution in [2.45, 2.75) is 26.7 Å². The molecule has 0 N–H and O–H groups in total. The summed E-state index contributed by atoms with van der Waals surface area (Å²) in [6, 6.07) is 4.38. The maximum absolute atomic E-state index is 13.0. The summed E-state index contributed by atoms with van der Waals surface area (Å²) in [6.07, 6.45) is 0.884. The topological polar surface area (TPSA) is 17.1 Å². The van der Waals surface area contributed by atoms with E-state index in [9.17, 15) is 9.18 Å². The molecule has 2 heteroatoms. The average Bonchev–Trinajstić information content (AvgIpc) is 2.16. The molecule has 1 aromatic carbocycles. The highest BCUT2D eigenvalue weighted by molar-refractivity contribution is 5.96. The van der Waals surface area contributed by atoms with Gasteiger partial charge in [-0.2, -0.15) is 0 Å². The first-order chi connectivity index (χ1) is 7.13. The summed E-state index contributed by atoms with van der Waals surface area (Å²) >= 11 is 0. The first kappa shape index (κ1) is 11.5. The molecule has 0 aliphatic carbocycles. The summed E-state index contributed by atoms with van der Waals surface area (Å²) in [4.78, 5) is 11.6. The summed E-state index contributed by atoms with van der Waals surface area (Å²) < 4.78 is 13.0. The van der Waals surface area contributed by atoms with Crippen LogP contribution in [0, 0.1) is 24.6 Å². The van der Waals surface area contributed by atoms with Gasteiger partial charge in [0, 0.05) is 18.4 Å². The number of hydrogen-bond donors (Lipinski definition) is 0. The monoisotopic (exact) mass is 204 g/mol. The molecule has 0 saturated heterocycles. The lowest BCUT2D eigenvalue weighted by Gasteiger charge is -2.00. The Morgan fingerprint density at radius 2 is 2.13 bits per heavy atom. The van der Waals surface area contributed by atoms with E-state index in [1.165, 1.54) is 12.1 Å². The number of aryl methyl sites for hydroxylation is 1. The third-order valence-electron chi connectivity index (χ3n) is 2.02. The van der Waals surface area contributed by atoms with Gasteiger partial charge in [0.15, 0.2) is 5.78 Å². The molecule has 0 bridgehead atoms. The van der Waals surface area contributed by atoms with E-state index >= 15 is 0 Å². The molecule has 0 spiro atoms. The number of Topliss-reactive ketones (excluding diaryl/α,β-unsaturated/α-hetero) is 1. The van der Waals surface area contributed by atoms with Crippen LogP contribution in [0.15, 0.2) is 18.2 Å². The Morgan fingerprint density at radius 3 is 2.73 bits per heavy atom. The molecular formula is C13H13FO. The van der Waals surface area contributed by atoms with Gasteiger partial charge in [-0.25, -0.2) is 4.39 Å². The molecule has 1 nitrogen and oxygen atoms in total. The van der Waals surface area contributed by atoms with Gasteiger partial charge in [-0.05, 0) is 37.6 Å². The lowest BCUT2D eigenvalue weighted by Crippen LogP contribution is -1.99. The lowest BCUT2D eigenvalue weighted by atomic mass is 10.0. The molecule has 0 aliphatic rings. The zero-order valence-electron chi connectivity index (χ0n) is 8.93. The van der Waals surface area contributed by atoms with Crippen molar-refractivity contribution in [3.63, 3.8) is 0 Å². The summed E-state index contributed by atoms with van der Waals surface area (Å²) in [6.45, 7) is 3.50. The zero-order chi connectivity index (χ0) is 11.3.